The molecule has 1 heterocycles. The maximum atomic E-state index is 9.11. The molecule has 0 fully saturated rings. The van der Waals surface area contributed by atoms with E-state index in [1.54, 1.807) is 11.8 Å². The van der Waals surface area contributed by atoms with E-state index in [0.29, 0.717) is 6.04 Å². The molecule has 2 rings (SSSR count). The van der Waals surface area contributed by atoms with Crippen molar-refractivity contribution in [1.82, 2.24) is 9.78 Å². The van der Waals surface area contributed by atoms with Crippen molar-refractivity contribution in [3.8, 4) is 0 Å². The van der Waals surface area contributed by atoms with Crippen LogP contribution in [0.2, 0.25) is 0 Å². The van der Waals surface area contributed by atoms with Crippen molar-refractivity contribution in [1.29, 1.82) is 0 Å². The number of rotatable bonds is 6. The Morgan fingerprint density at radius 3 is 2.95 bits per heavy atom. The molecule has 1 atom stereocenters. The number of nitrogens with zero attached hydrogens (tertiary/aromatic N) is 2. The highest BCUT2D eigenvalue weighted by Gasteiger charge is 2.05. The summed E-state index contributed by atoms with van der Waals surface area (Å²) in [5.41, 5.74) is 2.05. The van der Waals surface area contributed by atoms with Gasteiger partial charge in [0.25, 0.3) is 0 Å². The van der Waals surface area contributed by atoms with Crippen LogP contribution < -0.4 is 0 Å². The molecule has 0 bridgehead atoms. The zero-order chi connectivity index (χ0) is 13.7. The number of benzene rings is 1. The summed E-state index contributed by atoms with van der Waals surface area (Å²) in [4.78, 5) is 1.17. The van der Waals surface area contributed by atoms with Gasteiger partial charge >= 0.3 is 0 Å². The number of aliphatic hydroxyl groups excluding tert-OH is 1. The van der Waals surface area contributed by atoms with Crippen LogP contribution in [0.25, 0.3) is 0 Å². The van der Waals surface area contributed by atoms with E-state index >= 15 is 0 Å². The van der Waals surface area contributed by atoms with E-state index in [0.717, 1.165) is 23.4 Å². The lowest BCUT2D eigenvalue weighted by atomic mass is 10.2. The Morgan fingerprint density at radius 1 is 1.37 bits per heavy atom. The highest BCUT2D eigenvalue weighted by molar-refractivity contribution is 7.98. The molecule has 1 aromatic carbocycles. The standard InChI is InChI=1S/C15H20N2OS/c1-3-12(2)17-8-7-14(16-17)11-19-15-6-4-5-13(9-15)10-18/h4-9,12,18H,3,10-11H2,1-2H3. The van der Waals surface area contributed by atoms with E-state index in [4.69, 9.17) is 5.11 Å². The normalized spacial score (nSPS) is 12.6. The summed E-state index contributed by atoms with van der Waals surface area (Å²) in [7, 11) is 0. The maximum Gasteiger partial charge on any atom is 0.0727 e. The smallest absolute Gasteiger partial charge is 0.0727 e. The van der Waals surface area contributed by atoms with Gasteiger partial charge in [-0.2, -0.15) is 5.10 Å². The van der Waals surface area contributed by atoms with Crippen molar-refractivity contribution in [3.63, 3.8) is 0 Å². The van der Waals surface area contributed by atoms with Crippen LogP contribution in [0.1, 0.15) is 37.6 Å². The molecule has 0 spiro atoms. The van der Waals surface area contributed by atoms with Crippen molar-refractivity contribution in [3.05, 3.63) is 47.8 Å². The zero-order valence-electron chi connectivity index (χ0n) is 11.4. The molecule has 1 aromatic heterocycles. The minimum absolute atomic E-state index is 0.0943. The quantitative estimate of drug-likeness (QED) is 0.819. The van der Waals surface area contributed by atoms with Crippen molar-refractivity contribution in [2.75, 3.05) is 0 Å². The van der Waals surface area contributed by atoms with Crippen LogP contribution in [0.5, 0.6) is 0 Å². The monoisotopic (exact) mass is 276 g/mol. The fourth-order valence-corrected chi connectivity index (χ4v) is 2.66. The molecule has 0 amide bonds. The van der Waals surface area contributed by atoms with Gasteiger partial charge in [0.2, 0.25) is 0 Å². The lowest BCUT2D eigenvalue weighted by Crippen LogP contribution is -2.04. The van der Waals surface area contributed by atoms with Crippen LogP contribution in [-0.2, 0) is 12.4 Å². The Bertz CT molecular complexity index is 524. The number of aromatic nitrogens is 2. The Hall–Kier alpha value is -1.26. The largest absolute Gasteiger partial charge is 0.392 e. The second-order valence-corrected chi connectivity index (χ2v) is 5.69. The lowest BCUT2D eigenvalue weighted by molar-refractivity contribution is 0.281. The average Bonchev–Trinajstić information content (AvgIpc) is 2.93. The molecular formula is C15H20N2OS. The van der Waals surface area contributed by atoms with Gasteiger partial charge in [0.15, 0.2) is 0 Å². The van der Waals surface area contributed by atoms with Gasteiger partial charge in [0.05, 0.1) is 12.3 Å². The van der Waals surface area contributed by atoms with Gasteiger partial charge in [-0.25, -0.2) is 0 Å². The van der Waals surface area contributed by atoms with Gasteiger partial charge in [0.1, 0.15) is 0 Å². The van der Waals surface area contributed by atoms with Crippen molar-refractivity contribution in [2.24, 2.45) is 0 Å². The first-order valence-electron chi connectivity index (χ1n) is 6.59. The second-order valence-electron chi connectivity index (χ2n) is 4.64. The third-order valence-corrected chi connectivity index (χ3v) is 4.20. The van der Waals surface area contributed by atoms with Crippen LogP contribution in [-0.4, -0.2) is 14.9 Å². The Labute approximate surface area is 118 Å². The summed E-state index contributed by atoms with van der Waals surface area (Å²) in [5, 5.41) is 13.7. The van der Waals surface area contributed by atoms with Gasteiger partial charge in [0, 0.05) is 22.9 Å². The first-order valence-corrected chi connectivity index (χ1v) is 7.58. The molecule has 3 nitrogen and oxygen atoms in total. The molecule has 0 aliphatic rings. The molecule has 0 aliphatic carbocycles. The van der Waals surface area contributed by atoms with E-state index in [2.05, 4.69) is 31.1 Å². The number of aliphatic hydroxyl groups is 1. The summed E-state index contributed by atoms with van der Waals surface area (Å²) < 4.78 is 2.03. The maximum absolute atomic E-state index is 9.11. The summed E-state index contributed by atoms with van der Waals surface area (Å²) >= 11 is 1.75. The Balaban J connectivity index is 1.96. The van der Waals surface area contributed by atoms with Gasteiger partial charge < -0.3 is 5.11 Å². The van der Waals surface area contributed by atoms with Crippen LogP contribution in [0, 0.1) is 0 Å². The SMILES string of the molecule is CCC(C)n1ccc(CSc2cccc(CO)c2)n1. The topological polar surface area (TPSA) is 38.0 Å². The summed E-state index contributed by atoms with van der Waals surface area (Å²) in [6.45, 7) is 4.44. The fourth-order valence-electron chi connectivity index (χ4n) is 1.78. The zero-order valence-corrected chi connectivity index (χ0v) is 12.2. The predicted molar refractivity (Wildman–Crippen MR) is 79.2 cm³/mol. The van der Waals surface area contributed by atoms with Crippen LogP contribution in [0.3, 0.4) is 0 Å². The fraction of sp³-hybridized carbons (Fsp3) is 0.400. The minimum Gasteiger partial charge on any atom is -0.392 e. The highest BCUT2D eigenvalue weighted by Crippen LogP contribution is 2.23. The lowest BCUT2D eigenvalue weighted by Gasteiger charge is -2.08. The summed E-state index contributed by atoms with van der Waals surface area (Å²) in [6, 6.07) is 10.5. The number of thioether (sulfide) groups is 1. The van der Waals surface area contributed by atoms with Gasteiger partial charge in [-0.3, -0.25) is 4.68 Å². The van der Waals surface area contributed by atoms with E-state index < -0.39 is 0 Å². The molecule has 2 aromatic rings. The second kappa shape index (κ2) is 6.78. The first-order chi connectivity index (χ1) is 9.22. The minimum atomic E-state index is 0.0943. The van der Waals surface area contributed by atoms with Crippen LogP contribution in [0.4, 0.5) is 0 Å². The predicted octanol–water partition coefficient (Wildman–Crippen LogP) is 3.64. The van der Waals surface area contributed by atoms with E-state index in [-0.39, 0.29) is 6.61 Å². The molecule has 0 saturated heterocycles. The third-order valence-electron chi connectivity index (χ3n) is 3.17. The van der Waals surface area contributed by atoms with Gasteiger partial charge in [-0.15, -0.1) is 11.8 Å². The highest BCUT2D eigenvalue weighted by atomic mass is 32.2. The summed E-state index contributed by atoms with van der Waals surface area (Å²) in [6.07, 6.45) is 3.14. The first kappa shape index (κ1) is 14.2. The molecule has 19 heavy (non-hydrogen) atoms. The number of hydrogen-bond acceptors (Lipinski definition) is 3. The van der Waals surface area contributed by atoms with E-state index in [1.165, 1.54) is 4.90 Å². The Morgan fingerprint density at radius 2 is 2.21 bits per heavy atom. The van der Waals surface area contributed by atoms with Crippen LogP contribution in [0.15, 0.2) is 41.4 Å². The van der Waals surface area contributed by atoms with Crippen molar-refractivity contribution >= 4 is 11.8 Å². The van der Waals surface area contributed by atoms with Crippen molar-refractivity contribution < 1.29 is 5.11 Å². The van der Waals surface area contributed by atoms with Gasteiger partial charge in [-0.1, -0.05) is 19.1 Å². The van der Waals surface area contributed by atoms with E-state index in [9.17, 15) is 0 Å². The molecular weight excluding hydrogens is 256 g/mol. The number of hydrogen-bond donors (Lipinski definition) is 1. The van der Waals surface area contributed by atoms with Crippen molar-refractivity contribution in [2.45, 2.75) is 43.6 Å². The molecule has 0 aliphatic heterocycles. The average molecular weight is 276 g/mol. The molecule has 0 saturated carbocycles. The Kier molecular flexibility index (Phi) is 5.05. The third kappa shape index (κ3) is 3.85. The molecule has 4 heteroatoms. The molecule has 1 N–H and O–H groups in total. The molecule has 1 unspecified atom stereocenters. The summed E-state index contributed by atoms with van der Waals surface area (Å²) in [5.74, 6) is 0.859. The van der Waals surface area contributed by atoms with E-state index in [1.807, 2.05) is 29.1 Å². The van der Waals surface area contributed by atoms with Crippen LogP contribution >= 0.6 is 11.8 Å². The molecule has 0 radical (unpaired) electrons. The van der Waals surface area contributed by atoms with Gasteiger partial charge in [-0.05, 0) is 37.1 Å². The molecule has 102 valence electrons.